The van der Waals surface area contributed by atoms with Crippen LogP contribution in [0.15, 0.2) is 0 Å². The molecule has 0 aromatic heterocycles. The van der Waals surface area contributed by atoms with E-state index in [4.69, 9.17) is 9.47 Å². The fourth-order valence-electron chi connectivity index (χ4n) is 11.9. The maximum Gasteiger partial charge on any atom is 0.517 e. The van der Waals surface area contributed by atoms with E-state index in [1.54, 1.807) is 4.90 Å². The summed E-state index contributed by atoms with van der Waals surface area (Å²) in [7, 11) is 3.62. The number of Topliss-reactive ketones (excluding diaryl/α,β-unsaturated/α-hetero) is 1. The molecule has 5 fully saturated rings. The van der Waals surface area contributed by atoms with E-state index in [0.717, 1.165) is 51.4 Å². The molecule has 9 atom stereocenters. The van der Waals surface area contributed by atoms with Gasteiger partial charge in [0.1, 0.15) is 12.5 Å². The van der Waals surface area contributed by atoms with Gasteiger partial charge < -0.3 is 9.47 Å². The maximum atomic E-state index is 13.9. The number of ketones is 1. The zero-order valence-electron chi connectivity index (χ0n) is 26.7. The molecule has 0 aromatic rings. The van der Waals surface area contributed by atoms with Crippen molar-refractivity contribution in [3.8, 4) is 0 Å². The molecule has 0 aromatic carbocycles. The lowest BCUT2D eigenvalue weighted by molar-refractivity contribution is -0.237. The predicted octanol–water partition coefficient (Wildman–Crippen LogP) is 7.49. The van der Waals surface area contributed by atoms with Gasteiger partial charge in [-0.1, -0.05) is 48.5 Å². The smallest absolute Gasteiger partial charge is 0.418 e. The van der Waals surface area contributed by atoms with Crippen LogP contribution in [0.5, 0.6) is 0 Å². The van der Waals surface area contributed by atoms with E-state index >= 15 is 0 Å². The van der Waals surface area contributed by atoms with Gasteiger partial charge in [-0.2, -0.15) is 0 Å². The van der Waals surface area contributed by atoms with E-state index in [1.165, 1.54) is 6.42 Å². The third-order valence-corrected chi connectivity index (χ3v) is 14.1. The first-order valence-corrected chi connectivity index (χ1v) is 16.1. The van der Waals surface area contributed by atoms with Gasteiger partial charge in [0.15, 0.2) is 0 Å². The Hall–Kier alpha value is -1.43. The average molecular weight is 558 g/mol. The van der Waals surface area contributed by atoms with Crippen molar-refractivity contribution in [3.05, 3.63) is 0 Å². The van der Waals surface area contributed by atoms with Gasteiger partial charge in [0.2, 0.25) is 0 Å². The minimum atomic E-state index is -0.871. The van der Waals surface area contributed by atoms with Gasteiger partial charge in [0, 0.05) is 11.8 Å². The Balaban J connectivity index is 1.48. The second kappa shape index (κ2) is 9.81. The Morgan fingerprint density at radius 1 is 0.875 bits per heavy atom. The fourth-order valence-corrected chi connectivity index (χ4v) is 11.9. The average Bonchev–Trinajstić information content (AvgIpc) is 3.27. The summed E-state index contributed by atoms with van der Waals surface area (Å²) in [5.74, 6) is 2.73. The first kappa shape index (κ1) is 30.0. The number of ether oxygens (including phenoxy) is 2. The molecule has 0 radical (unpaired) electrons. The van der Waals surface area contributed by atoms with Gasteiger partial charge in [0.05, 0.1) is 5.41 Å². The normalized spacial score (nSPS) is 45.8. The van der Waals surface area contributed by atoms with Crippen molar-refractivity contribution in [2.24, 2.45) is 62.6 Å². The quantitative estimate of drug-likeness (QED) is 0.203. The zero-order chi connectivity index (χ0) is 29.5. The van der Waals surface area contributed by atoms with E-state index in [2.05, 4.69) is 48.5 Å². The van der Waals surface area contributed by atoms with Crippen LogP contribution >= 0.6 is 0 Å². The first-order chi connectivity index (χ1) is 18.5. The SMILES string of the molecule is CC(C)[C@@H]1CC[C@]2(C(=O)OC(=O)OCN(C)C)CC[C@]3(C)[C@H](CC[C@@H]4[C@@]5(C)CCC(=O)C(C)(C)[C@@H]5CC[C@]43C)[C@@H]12. The third-order valence-electron chi connectivity index (χ3n) is 14.1. The summed E-state index contributed by atoms with van der Waals surface area (Å²) < 4.78 is 10.7. The second-order valence-corrected chi connectivity index (χ2v) is 16.4. The molecular formula is C34H55NO5. The molecule has 5 saturated carbocycles. The largest absolute Gasteiger partial charge is 0.517 e. The van der Waals surface area contributed by atoms with Crippen LogP contribution < -0.4 is 0 Å². The summed E-state index contributed by atoms with van der Waals surface area (Å²) >= 11 is 0. The number of hydrogen-bond acceptors (Lipinski definition) is 6. The van der Waals surface area contributed by atoms with Crippen molar-refractivity contribution in [1.82, 2.24) is 4.90 Å². The Bertz CT molecular complexity index is 1050. The molecule has 5 aliphatic carbocycles. The number of carbonyl (C=O) groups excluding carboxylic acids is 3. The molecule has 5 rings (SSSR count). The van der Waals surface area contributed by atoms with Gasteiger partial charge in [-0.3, -0.25) is 14.5 Å². The molecule has 0 aliphatic heterocycles. The van der Waals surface area contributed by atoms with E-state index in [9.17, 15) is 14.4 Å². The Morgan fingerprint density at radius 2 is 1.57 bits per heavy atom. The summed E-state index contributed by atoms with van der Waals surface area (Å²) in [4.78, 5) is 41.2. The van der Waals surface area contributed by atoms with Gasteiger partial charge in [-0.05, 0) is 124 Å². The number of carbonyl (C=O) groups is 3. The van der Waals surface area contributed by atoms with E-state index in [0.29, 0.717) is 41.8 Å². The standard InChI is InChI=1S/C34H55NO5/c1-21(2)22-12-17-34(28(37)40-29(38)39-20-35(8)9)19-18-32(6)23(27(22)34)10-11-25-31(5)15-14-26(36)30(3,4)24(31)13-16-33(25,32)7/h21-25,27H,10-20H2,1-9H3/t22-,23+,24-,25+,27+,31-,32+,33+,34-/m0/s1. The lowest BCUT2D eigenvalue weighted by atomic mass is 9.32. The Morgan fingerprint density at radius 3 is 2.23 bits per heavy atom. The van der Waals surface area contributed by atoms with Crippen molar-refractivity contribution in [1.29, 1.82) is 0 Å². The minimum Gasteiger partial charge on any atom is -0.418 e. The summed E-state index contributed by atoms with van der Waals surface area (Å²) in [5, 5.41) is 0. The molecule has 0 saturated heterocycles. The van der Waals surface area contributed by atoms with Crippen LogP contribution in [0.4, 0.5) is 4.79 Å². The summed E-state index contributed by atoms with van der Waals surface area (Å²) in [6, 6.07) is 0. The first-order valence-electron chi connectivity index (χ1n) is 16.1. The van der Waals surface area contributed by atoms with Crippen LogP contribution in [-0.4, -0.2) is 43.6 Å². The molecule has 0 spiro atoms. The highest BCUT2D eigenvalue weighted by molar-refractivity contribution is 5.87. The van der Waals surface area contributed by atoms with Crippen molar-refractivity contribution >= 4 is 17.9 Å². The summed E-state index contributed by atoms with van der Waals surface area (Å²) in [6.45, 7) is 16.8. The van der Waals surface area contributed by atoms with Gasteiger partial charge in [-0.15, -0.1) is 0 Å². The number of rotatable bonds is 4. The van der Waals surface area contributed by atoms with Gasteiger partial charge >= 0.3 is 12.1 Å². The van der Waals surface area contributed by atoms with Crippen LogP contribution in [0.25, 0.3) is 0 Å². The van der Waals surface area contributed by atoms with Crippen LogP contribution in [-0.2, 0) is 19.1 Å². The molecule has 0 unspecified atom stereocenters. The lowest BCUT2D eigenvalue weighted by Crippen LogP contribution is -2.66. The lowest BCUT2D eigenvalue weighted by Gasteiger charge is -2.72. The maximum absolute atomic E-state index is 13.9. The van der Waals surface area contributed by atoms with Crippen LogP contribution in [0.3, 0.4) is 0 Å². The Labute approximate surface area is 242 Å². The molecule has 0 amide bonds. The monoisotopic (exact) mass is 557 g/mol. The van der Waals surface area contributed by atoms with Crippen LogP contribution in [0.2, 0.25) is 0 Å². The number of nitrogens with zero attached hydrogens (tertiary/aromatic N) is 1. The van der Waals surface area contributed by atoms with Gasteiger partial charge in [-0.25, -0.2) is 4.79 Å². The molecule has 6 heteroatoms. The second-order valence-electron chi connectivity index (χ2n) is 16.4. The van der Waals surface area contributed by atoms with Crippen molar-refractivity contribution in [3.63, 3.8) is 0 Å². The highest BCUT2D eigenvalue weighted by Crippen LogP contribution is 2.77. The summed E-state index contributed by atoms with van der Waals surface area (Å²) in [6.07, 6.45) is 9.06. The number of esters is 1. The zero-order valence-corrected chi connectivity index (χ0v) is 26.7. The van der Waals surface area contributed by atoms with Crippen LogP contribution in [0, 0.1) is 62.6 Å². The fraction of sp³-hybridized carbons (Fsp3) is 0.912. The molecule has 5 aliphatic rings. The molecule has 0 heterocycles. The van der Waals surface area contributed by atoms with Crippen molar-refractivity contribution < 1.29 is 23.9 Å². The number of hydrogen-bond donors (Lipinski definition) is 0. The Kier molecular flexibility index (Phi) is 7.37. The number of fused-ring (bicyclic) bond motifs is 7. The van der Waals surface area contributed by atoms with E-state index in [-0.39, 0.29) is 40.3 Å². The highest BCUT2D eigenvalue weighted by atomic mass is 16.7. The van der Waals surface area contributed by atoms with Crippen LogP contribution in [0.1, 0.15) is 113 Å². The molecule has 40 heavy (non-hydrogen) atoms. The topological polar surface area (TPSA) is 72.9 Å². The minimum absolute atomic E-state index is 0.0970. The van der Waals surface area contributed by atoms with E-state index < -0.39 is 11.6 Å². The highest BCUT2D eigenvalue weighted by Gasteiger charge is 2.72. The van der Waals surface area contributed by atoms with Crippen molar-refractivity contribution in [2.75, 3.05) is 20.8 Å². The van der Waals surface area contributed by atoms with Gasteiger partial charge in [0.25, 0.3) is 0 Å². The summed E-state index contributed by atoms with van der Waals surface area (Å²) in [5.41, 5.74) is -0.378. The predicted molar refractivity (Wildman–Crippen MR) is 155 cm³/mol. The molecule has 6 nitrogen and oxygen atoms in total. The van der Waals surface area contributed by atoms with E-state index in [1.807, 2.05) is 14.1 Å². The molecule has 0 bridgehead atoms. The molecule has 0 N–H and O–H groups in total. The van der Waals surface area contributed by atoms with Crippen molar-refractivity contribution in [2.45, 2.75) is 113 Å². The third kappa shape index (κ3) is 4.07. The molecular weight excluding hydrogens is 502 g/mol. The molecule has 226 valence electrons.